The lowest BCUT2D eigenvalue weighted by Gasteiger charge is -2.13. The molecule has 0 aliphatic carbocycles. The van der Waals surface area contributed by atoms with Crippen LogP contribution in [0.25, 0.3) is 10.9 Å². The predicted molar refractivity (Wildman–Crippen MR) is 132 cm³/mol. The van der Waals surface area contributed by atoms with Gasteiger partial charge in [0, 0.05) is 55.3 Å². The van der Waals surface area contributed by atoms with E-state index in [0.717, 1.165) is 30.2 Å². The molecule has 8 heteroatoms. The highest BCUT2D eigenvalue weighted by atomic mass is 16.2. The van der Waals surface area contributed by atoms with Crippen LogP contribution in [0.4, 0.5) is 5.69 Å². The summed E-state index contributed by atoms with van der Waals surface area (Å²) in [5.74, 6) is 0.618. The highest BCUT2D eigenvalue weighted by molar-refractivity contribution is 5.90. The molecule has 0 bridgehead atoms. The first-order chi connectivity index (χ1) is 16.1. The van der Waals surface area contributed by atoms with E-state index in [4.69, 9.17) is 0 Å². The number of guanidine groups is 1. The van der Waals surface area contributed by atoms with Gasteiger partial charge in [0.25, 0.3) is 0 Å². The Morgan fingerprint density at radius 2 is 2.06 bits per heavy atom. The van der Waals surface area contributed by atoms with Crippen LogP contribution in [0.15, 0.2) is 72.1 Å². The van der Waals surface area contributed by atoms with Crippen molar-refractivity contribution in [3.05, 3.63) is 83.8 Å². The van der Waals surface area contributed by atoms with Crippen molar-refractivity contribution in [1.29, 1.82) is 0 Å². The van der Waals surface area contributed by atoms with Gasteiger partial charge >= 0.3 is 0 Å². The minimum Gasteiger partial charge on any atom is -0.361 e. The molecular weight excluding hydrogens is 414 g/mol. The number of hydrogen-bond donors (Lipinski definition) is 4. The summed E-state index contributed by atoms with van der Waals surface area (Å²) in [6.07, 6.45) is 6.38. The number of anilines is 1. The van der Waals surface area contributed by atoms with Crippen molar-refractivity contribution in [1.82, 2.24) is 25.4 Å². The van der Waals surface area contributed by atoms with Gasteiger partial charge in [0.05, 0.1) is 0 Å². The summed E-state index contributed by atoms with van der Waals surface area (Å²) in [5, 5.41) is 14.9. The smallest absolute Gasteiger partial charge is 0.246 e. The molecule has 2 aromatic carbocycles. The lowest BCUT2D eigenvalue weighted by Crippen LogP contribution is -2.37. The third kappa shape index (κ3) is 6.00. The second kappa shape index (κ2) is 10.5. The molecule has 170 valence electrons. The van der Waals surface area contributed by atoms with Crippen LogP contribution in [-0.4, -0.2) is 40.2 Å². The molecule has 0 unspecified atom stereocenters. The highest BCUT2D eigenvalue weighted by Gasteiger charge is 2.06. The molecule has 8 nitrogen and oxygen atoms in total. The topological polar surface area (TPSA) is 99.1 Å². The Balaban J connectivity index is 1.26. The number of nitrogens with one attached hydrogen (secondary N) is 4. The summed E-state index contributed by atoms with van der Waals surface area (Å²) in [6, 6.07) is 16.0. The van der Waals surface area contributed by atoms with Crippen LogP contribution in [-0.2, 0) is 24.3 Å². The number of carbonyl (C=O) groups is 1. The van der Waals surface area contributed by atoms with Crippen LogP contribution in [0.5, 0.6) is 0 Å². The normalized spacial score (nSPS) is 11.5. The maximum atomic E-state index is 12.2. The van der Waals surface area contributed by atoms with Crippen LogP contribution in [0.1, 0.15) is 16.7 Å². The van der Waals surface area contributed by atoms with Crippen LogP contribution < -0.4 is 16.0 Å². The number of rotatable bonds is 8. The molecule has 0 spiro atoms. The van der Waals surface area contributed by atoms with Gasteiger partial charge in [-0.05, 0) is 54.3 Å². The Hall–Kier alpha value is -4.07. The zero-order chi connectivity index (χ0) is 23.0. The molecular formula is C25H29N7O. The number of H-pyrrole nitrogens is 1. The monoisotopic (exact) mass is 443 g/mol. The minimum absolute atomic E-state index is 0.117. The molecule has 2 aromatic heterocycles. The molecule has 4 N–H and O–H groups in total. The molecule has 1 amide bonds. The second-order valence-electron chi connectivity index (χ2n) is 7.92. The minimum atomic E-state index is -0.117. The lowest BCUT2D eigenvalue weighted by atomic mass is 10.1. The predicted octanol–water partition coefficient (Wildman–Crippen LogP) is 3.22. The van der Waals surface area contributed by atoms with Crippen molar-refractivity contribution in [2.45, 2.75) is 26.4 Å². The van der Waals surface area contributed by atoms with Gasteiger partial charge in [-0.25, -0.2) is 0 Å². The van der Waals surface area contributed by atoms with E-state index in [1.54, 1.807) is 30.2 Å². The Morgan fingerprint density at radius 3 is 2.88 bits per heavy atom. The van der Waals surface area contributed by atoms with Gasteiger partial charge in [-0.2, -0.15) is 5.10 Å². The van der Waals surface area contributed by atoms with Crippen molar-refractivity contribution in [3.63, 3.8) is 0 Å². The number of benzene rings is 2. The van der Waals surface area contributed by atoms with Gasteiger partial charge in [0.2, 0.25) is 5.91 Å². The van der Waals surface area contributed by atoms with Crippen molar-refractivity contribution < 1.29 is 4.79 Å². The lowest BCUT2D eigenvalue weighted by molar-refractivity contribution is -0.116. The number of aromatic amines is 1. The highest BCUT2D eigenvalue weighted by Crippen LogP contribution is 2.19. The SMILES string of the molecule is CN=C(NCCc1c[nH]c2cc(C)ccc12)NCc1cccc(NC(=O)Cn2cccn2)c1. The average Bonchev–Trinajstić information content (AvgIpc) is 3.46. The van der Waals surface area contributed by atoms with Gasteiger partial charge in [-0.15, -0.1) is 0 Å². The summed E-state index contributed by atoms with van der Waals surface area (Å²) in [4.78, 5) is 19.9. The number of aliphatic imine (C=N–C) groups is 1. The molecule has 0 fully saturated rings. The van der Waals surface area contributed by atoms with E-state index in [0.29, 0.717) is 6.54 Å². The third-order valence-electron chi connectivity index (χ3n) is 5.37. The molecule has 4 rings (SSSR count). The fourth-order valence-electron chi connectivity index (χ4n) is 3.73. The Kier molecular flexibility index (Phi) is 7.04. The van der Waals surface area contributed by atoms with Crippen LogP contribution in [0.2, 0.25) is 0 Å². The molecule has 33 heavy (non-hydrogen) atoms. The maximum absolute atomic E-state index is 12.2. The largest absolute Gasteiger partial charge is 0.361 e. The zero-order valence-corrected chi connectivity index (χ0v) is 18.9. The fraction of sp³-hybridized carbons (Fsp3) is 0.240. The third-order valence-corrected chi connectivity index (χ3v) is 5.37. The van der Waals surface area contributed by atoms with Gasteiger partial charge < -0.3 is 20.9 Å². The molecule has 0 saturated carbocycles. The van der Waals surface area contributed by atoms with E-state index in [1.807, 2.05) is 24.3 Å². The van der Waals surface area contributed by atoms with E-state index >= 15 is 0 Å². The summed E-state index contributed by atoms with van der Waals surface area (Å²) in [6.45, 7) is 3.64. The van der Waals surface area contributed by atoms with Crippen molar-refractivity contribution in [2.24, 2.45) is 4.99 Å². The van der Waals surface area contributed by atoms with E-state index in [9.17, 15) is 4.79 Å². The first-order valence-corrected chi connectivity index (χ1v) is 11.0. The van der Waals surface area contributed by atoms with Crippen molar-refractivity contribution in [2.75, 3.05) is 18.9 Å². The van der Waals surface area contributed by atoms with Gasteiger partial charge in [0.15, 0.2) is 5.96 Å². The molecule has 0 saturated heterocycles. The average molecular weight is 444 g/mol. The first kappa shape index (κ1) is 22.1. The number of aromatic nitrogens is 3. The van der Waals surface area contributed by atoms with Crippen LogP contribution >= 0.6 is 0 Å². The van der Waals surface area contributed by atoms with E-state index in [2.05, 4.69) is 62.3 Å². The number of carbonyl (C=O) groups excluding carboxylic acids is 1. The molecule has 0 atom stereocenters. The van der Waals surface area contributed by atoms with Crippen LogP contribution in [0, 0.1) is 6.92 Å². The molecule has 2 heterocycles. The maximum Gasteiger partial charge on any atom is 0.246 e. The molecule has 0 aliphatic heterocycles. The number of nitrogens with zero attached hydrogens (tertiary/aromatic N) is 3. The van der Waals surface area contributed by atoms with Crippen LogP contribution in [0.3, 0.4) is 0 Å². The number of amides is 1. The number of fused-ring (bicyclic) bond motifs is 1. The van der Waals surface area contributed by atoms with Crippen molar-refractivity contribution >= 4 is 28.5 Å². The Labute approximate surface area is 193 Å². The fourth-order valence-corrected chi connectivity index (χ4v) is 3.73. The Morgan fingerprint density at radius 1 is 1.15 bits per heavy atom. The van der Waals surface area contributed by atoms with E-state index in [1.165, 1.54) is 22.0 Å². The number of aryl methyl sites for hydroxylation is 1. The second-order valence-corrected chi connectivity index (χ2v) is 7.92. The van der Waals surface area contributed by atoms with E-state index < -0.39 is 0 Å². The van der Waals surface area contributed by atoms with E-state index in [-0.39, 0.29) is 12.5 Å². The van der Waals surface area contributed by atoms with Gasteiger partial charge in [-0.3, -0.25) is 14.5 Å². The number of hydrogen-bond acceptors (Lipinski definition) is 3. The van der Waals surface area contributed by atoms with Crippen molar-refractivity contribution in [3.8, 4) is 0 Å². The first-order valence-electron chi connectivity index (χ1n) is 11.0. The van der Waals surface area contributed by atoms with Gasteiger partial charge in [0.1, 0.15) is 6.54 Å². The Bertz CT molecular complexity index is 1240. The standard InChI is InChI=1S/C25H29N7O/c1-18-7-8-22-20(16-28-23(22)13-18)9-11-27-25(26-2)29-15-19-5-3-6-21(14-19)31-24(33)17-32-12-4-10-30-32/h3-8,10,12-14,16,28H,9,11,15,17H2,1-2H3,(H,31,33)(H2,26,27,29). The summed E-state index contributed by atoms with van der Waals surface area (Å²) in [7, 11) is 1.76. The summed E-state index contributed by atoms with van der Waals surface area (Å²) in [5.41, 5.74) is 5.50. The molecule has 4 aromatic rings. The summed E-state index contributed by atoms with van der Waals surface area (Å²) >= 11 is 0. The quantitative estimate of drug-likeness (QED) is 0.248. The molecule has 0 radical (unpaired) electrons. The molecule has 0 aliphatic rings. The summed E-state index contributed by atoms with van der Waals surface area (Å²) < 4.78 is 1.59. The van der Waals surface area contributed by atoms with Gasteiger partial charge in [-0.1, -0.05) is 24.3 Å². The zero-order valence-electron chi connectivity index (χ0n) is 18.9.